The van der Waals surface area contributed by atoms with Crippen LogP contribution in [0.5, 0.6) is 0 Å². The van der Waals surface area contributed by atoms with E-state index in [1.807, 2.05) is 13.0 Å². The summed E-state index contributed by atoms with van der Waals surface area (Å²) in [7, 11) is 0. The van der Waals surface area contributed by atoms with Gasteiger partial charge in [-0.05, 0) is 54.2 Å². The van der Waals surface area contributed by atoms with Crippen LogP contribution in [0.1, 0.15) is 30.9 Å². The van der Waals surface area contributed by atoms with Gasteiger partial charge in [-0.3, -0.25) is 9.59 Å². The Hall–Kier alpha value is -2.66. The molecule has 140 valence electrons. The number of nitrogens with two attached hydrogens (primary N) is 1. The van der Waals surface area contributed by atoms with E-state index in [-0.39, 0.29) is 30.2 Å². The predicted molar refractivity (Wildman–Crippen MR) is 106 cm³/mol. The highest BCUT2D eigenvalue weighted by atomic mass is 16.2. The Morgan fingerprint density at radius 1 is 1.22 bits per heavy atom. The van der Waals surface area contributed by atoms with Crippen molar-refractivity contribution in [1.82, 2.24) is 5.32 Å². The maximum absolute atomic E-state index is 12.5. The second-order valence-electron chi connectivity index (χ2n) is 7.64. The minimum atomic E-state index is -0.295. The molecule has 3 N–H and O–H groups in total. The molecule has 1 heterocycles. The molecule has 0 radical (unpaired) electrons. The van der Waals surface area contributed by atoms with Crippen molar-refractivity contribution in [3.63, 3.8) is 0 Å². The van der Waals surface area contributed by atoms with Crippen LogP contribution < -0.4 is 16.0 Å². The molecule has 1 aliphatic carbocycles. The van der Waals surface area contributed by atoms with Gasteiger partial charge in [-0.25, -0.2) is 0 Å². The van der Waals surface area contributed by atoms with Gasteiger partial charge in [0.2, 0.25) is 11.8 Å². The standard InChI is InChI=1S/C22H25N3O2/c1-14(23)8-9-24-22(27)17-12-21(26)25(13-17)18-6-7-20-16(11-18)10-15-4-2-3-5-19(15)20/h2-7,11,14,17H,8-10,12-13,23H2,1H3,(H,24,27). The molecular weight excluding hydrogens is 338 g/mol. The van der Waals surface area contributed by atoms with Crippen LogP contribution in [-0.4, -0.2) is 30.9 Å². The number of rotatable bonds is 5. The highest BCUT2D eigenvalue weighted by Gasteiger charge is 2.35. The van der Waals surface area contributed by atoms with Crippen LogP contribution in [0.3, 0.4) is 0 Å². The Morgan fingerprint density at radius 2 is 2.00 bits per heavy atom. The van der Waals surface area contributed by atoms with Crippen LogP contribution >= 0.6 is 0 Å². The van der Waals surface area contributed by atoms with Crippen molar-refractivity contribution in [2.24, 2.45) is 11.7 Å². The van der Waals surface area contributed by atoms with Gasteiger partial charge in [0.25, 0.3) is 0 Å². The van der Waals surface area contributed by atoms with Gasteiger partial charge in [-0.1, -0.05) is 30.3 Å². The van der Waals surface area contributed by atoms with E-state index in [1.54, 1.807) is 4.90 Å². The van der Waals surface area contributed by atoms with E-state index in [4.69, 9.17) is 5.73 Å². The third kappa shape index (κ3) is 3.47. The maximum atomic E-state index is 12.5. The predicted octanol–water partition coefficient (Wildman–Crippen LogP) is 2.46. The Balaban J connectivity index is 1.46. The van der Waals surface area contributed by atoms with Crippen molar-refractivity contribution in [3.05, 3.63) is 53.6 Å². The number of carbonyl (C=O) groups excluding carboxylic acids is 2. The molecule has 0 aromatic heterocycles. The first-order valence-corrected chi connectivity index (χ1v) is 9.58. The van der Waals surface area contributed by atoms with E-state index in [9.17, 15) is 9.59 Å². The molecule has 2 amide bonds. The molecule has 1 aliphatic heterocycles. The first-order valence-electron chi connectivity index (χ1n) is 9.58. The average Bonchev–Trinajstić information content (AvgIpc) is 3.21. The summed E-state index contributed by atoms with van der Waals surface area (Å²) in [4.78, 5) is 26.6. The normalized spacial score (nSPS) is 19.0. The minimum absolute atomic E-state index is 0.0119. The van der Waals surface area contributed by atoms with Crippen molar-refractivity contribution in [2.45, 2.75) is 32.2 Å². The van der Waals surface area contributed by atoms with Crippen LogP contribution in [-0.2, 0) is 16.0 Å². The molecule has 1 fully saturated rings. The van der Waals surface area contributed by atoms with Gasteiger partial charge in [0, 0.05) is 31.2 Å². The minimum Gasteiger partial charge on any atom is -0.356 e. The Bertz CT molecular complexity index is 891. The molecule has 2 unspecified atom stereocenters. The fourth-order valence-electron chi connectivity index (χ4n) is 4.00. The molecule has 2 aromatic carbocycles. The lowest BCUT2D eigenvalue weighted by Gasteiger charge is -2.18. The molecule has 5 heteroatoms. The largest absolute Gasteiger partial charge is 0.356 e. The maximum Gasteiger partial charge on any atom is 0.227 e. The summed E-state index contributed by atoms with van der Waals surface area (Å²) in [6.45, 7) is 2.91. The quantitative estimate of drug-likeness (QED) is 0.731. The Morgan fingerprint density at radius 3 is 2.81 bits per heavy atom. The number of hydrogen-bond acceptors (Lipinski definition) is 3. The SMILES string of the molecule is CC(N)CCNC(=O)C1CC(=O)N(c2ccc3c(c2)Cc2ccccc2-3)C1. The fourth-order valence-corrected chi connectivity index (χ4v) is 4.00. The van der Waals surface area contributed by atoms with Gasteiger partial charge < -0.3 is 16.0 Å². The number of nitrogens with one attached hydrogen (secondary N) is 1. The first-order chi connectivity index (χ1) is 13.0. The van der Waals surface area contributed by atoms with E-state index in [2.05, 4.69) is 41.7 Å². The molecule has 1 saturated heterocycles. The van der Waals surface area contributed by atoms with Crippen molar-refractivity contribution in [3.8, 4) is 11.1 Å². The molecular formula is C22H25N3O2. The van der Waals surface area contributed by atoms with E-state index in [1.165, 1.54) is 22.3 Å². The highest BCUT2D eigenvalue weighted by molar-refractivity contribution is 6.00. The summed E-state index contributed by atoms with van der Waals surface area (Å²) in [6, 6.07) is 14.7. The molecule has 0 saturated carbocycles. The fraction of sp³-hybridized carbons (Fsp3) is 0.364. The number of hydrogen-bond donors (Lipinski definition) is 2. The van der Waals surface area contributed by atoms with Crippen LogP contribution in [0, 0.1) is 5.92 Å². The third-order valence-electron chi connectivity index (χ3n) is 5.48. The van der Waals surface area contributed by atoms with E-state index in [0.717, 1.165) is 18.5 Å². The van der Waals surface area contributed by atoms with E-state index >= 15 is 0 Å². The molecule has 0 spiro atoms. The average molecular weight is 363 g/mol. The van der Waals surface area contributed by atoms with Gasteiger partial charge in [0.1, 0.15) is 0 Å². The zero-order chi connectivity index (χ0) is 19.0. The van der Waals surface area contributed by atoms with Gasteiger partial charge in [-0.15, -0.1) is 0 Å². The number of amides is 2. The van der Waals surface area contributed by atoms with Gasteiger partial charge in [0.15, 0.2) is 0 Å². The molecule has 5 nitrogen and oxygen atoms in total. The van der Waals surface area contributed by atoms with Gasteiger partial charge >= 0.3 is 0 Å². The summed E-state index contributed by atoms with van der Waals surface area (Å²) in [6.07, 6.45) is 1.89. The second-order valence-corrected chi connectivity index (χ2v) is 7.64. The zero-order valence-electron chi connectivity index (χ0n) is 15.6. The lowest BCUT2D eigenvalue weighted by molar-refractivity contribution is -0.126. The third-order valence-corrected chi connectivity index (χ3v) is 5.48. The smallest absolute Gasteiger partial charge is 0.227 e. The summed E-state index contributed by atoms with van der Waals surface area (Å²) in [5.41, 5.74) is 11.7. The molecule has 0 bridgehead atoms. The van der Waals surface area contributed by atoms with Crippen LogP contribution in [0.2, 0.25) is 0 Å². The summed E-state index contributed by atoms with van der Waals surface area (Å²) >= 11 is 0. The molecule has 2 aromatic rings. The highest BCUT2D eigenvalue weighted by Crippen LogP contribution is 2.39. The first kappa shape index (κ1) is 17.7. The van der Waals surface area contributed by atoms with Crippen molar-refractivity contribution in [2.75, 3.05) is 18.0 Å². The lowest BCUT2D eigenvalue weighted by Crippen LogP contribution is -2.35. The topological polar surface area (TPSA) is 75.4 Å². The Labute approximate surface area is 159 Å². The van der Waals surface area contributed by atoms with Crippen LogP contribution in [0.4, 0.5) is 5.69 Å². The second kappa shape index (κ2) is 7.16. The van der Waals surface area contributed by atoms with Crippen molar-refractivity contribution in [1.29, 1.82) is 0 Å². The molecule has 2 atom stereocenters. The molecule has 2 aliphatic rings. The van der Waals surface area contributed by atoms with Crippen LogP contribution in [0.15, 0.2) is 42.5 Å². The van der Waals surface area contributed by atoms with Gasteiger partial charge in [0.05, 0.1) is 5.92 Å². The number of carbonyl (C=O) groups is 2. The summed E-state index contributed by atoms with van der Waals surface area (Å²) in [5.74, 6) is -0.339. The summed E-state index contributed by atoms with van der Waals surface area (Å²) in [5, 5.41) is 2.90. The number of anilines is 1. The monoisotopic (exact) mass is 363 g/mol. The molecule has 27 heavy (non-hydrogen) atoms. The lowest BCUT2D eigenvalue weighted by atomic mass is 10.1. The summed E-state index contributed by atoms with van der Waals surface area (Å²) < 4.78 is 0. The Kier molecular flexibility index (Phi) is 4.70. The molecule has 4 rings (SSSR count). The van der Waals surface area contributed by atoms with Crippen molar-refractivity contribution >= 4 is 17.5 Å². The number of benzene rings is 2. The van der Waals surface area contributed by atoms with Gasteiger partial charge in [-0.2, -0.15) is 0 Å². The van der Waals surface area contributed by atoms with Crippen LogP contribution in [0.25, 0.3) is 11.1 Å². The number of nitrogens with zero attached hydrogens (tertiary/aromatic N) is 1. The van der Waals surface area contributed by atoms with E-state index < -0.39 is 0 Å². The number of fused-ring (bicyclic) bond motifs is 3. The van der Waals surface area contributed by atoms with E-state index in [0.29, 0.717) is 13.1 Å². The zero-order valence-corrected chi connectivity index (χ0v) is 15.6. The van der Waals surface area contributed by atoms with Crippen molar-refractivity contribution < 1.29 is 9.59 Å².